The summed E-state index contributed by atoms with van der Waals surface area (Å²) in [5, 5.41) is 11.5. The van der Waals surface area contributed by atoms with E-state index in [1.54, 1.807) is 0 Å². The van der Waals surface area contributed by atoms with E-state index < -0.39 is 0 Å². The molecule has 0 amide bonds. The molecule has 5 heteroatoms. The fraction of sp³-hybridized carbons (Fsp3) is 0.242. The van der Waals surface area contributed by atoms with Gasteiger partial charge >= 0.3 is 0 Å². The van der Waals surface area contributed by atoms with Crippen molar-refractivity contribution in [3.63, 3.8) is 0 Å². The van der Waals surface area contributed by atoms with Crippen LogP contribution in [0.2, 0.25) is 0 Å². The Morgan fingerprint density at radius 2 is 1.45 bits per heavy atom. The molecule has 5 rings (SSSR count). The topological polar surface area (TPSA) is 67.3 Å². The zero-order valence-corrected chi connectivity index (χ0v) is 24.5. The number of carbonyl (C=O) groups excluding carboxylic acids is 2. The number of aliphatic hydroxyl groups excluding tert-OH is 1. The fourth-order valence-corrected chi connectivity index (χ4v) is 4.60. The van der Waals surface area contributed by atoms with E-state index in [9.17, 15) is 14.7 Å². The van der Waals surface area contributed by atoms with Gasteiger partial charge in [0.25, 0.3) is 0 Å². The van der Waals surface area contributed by atoms with Gasteiger partial charge in [-0.05, 0) is 33.9 Å². The Kier molecular flexibility index (Phi) is 9.90. The van der Waals surface area contributed by atoms with Crippen LogP contribution in [0.15, 0.2) is 84.6 Å². The van der Waals surface area contributed by atoms with E-state index in [2.05, 4.69) is 18.2 Å². The first-order chi connectivity index (χ1) is 17.8. The smallest absolute Gasteiger partial charge is 0.211 e. The maximum absolute atomic E-state index is 12.8. The van der Waals surface area contributed by atoms with Crippen LogP contribution in [0.1, 0.15) is 56.6 Å². The minimum absolute atomic E-state index is 0. The monoisotopic (exact) mass is 683 g/mol. The first-order valence-corrected chi connectivity index (χ1v) is 12.7. The van der Waals surface area contributed by atoms with E-state index in [0.717, 1.165) is 38.7 Å². The normalized spacial score (nSPS) is 12.1. The molecule has 1 radical (unpaired) electrons. The number of allylic oxidation sites excluding steroid dienone is 2. The summed E-state index contributed by atoms with van der Waals surface area (Å²) in [4.78, 5) is 28.8. The average molecular weight is 683 g/mol. The molecule has 0 saturated carbocycles. The van der Waals surface area contributed by atoms with Crippen molar-refractivity contribution in [1.29, 1.82) is 0 Å². The molecule has 1 aromatic heterocycles. The van der Waals surface area contributed by atoms with Crippen molar-refractivity contribution in [2.45, 2.75) is 40.5 Å². The number of nitrogens with zero attached hydrogens (tertiary/aromatic N) is 1. The number of hydrogen-bond acceptors (Lipinski definition) is 4. The summed E-state index contributed by atoms with van der Waals surface area (Å²) in [6.07, 6.45) is 2.46. The molecule has 0 bridgehead atoms. The van der Waals surface area contributed by atoms with Gasteiger partial charge in [0.05, 0.1) is 5.76 Å². The summed E-state index contributed by atoms with van der Waals surface area (Å²) in [6, 6.07) is 26.9. The second-order valence-electron chi connectivity index (χ2n) is 10.2. The van der Waals surface area contributed by atoms with Crippen LogP contribution in [-0.2, 0) is 24.9 Å². The Bertz CT molecular complexity index is 1470. The van der Waals surface area contributed by atoms with Crippen molar-refractivity contribution in [2.24, 2.45) is 11.8 Å². The number of aliphatic hydroxyl groups is 1. The minimum atomic E-state index is 0. The molecule has 0 fully saturated rings. The van der Waals surface area contributed by atoms with E-state index in [1.807, 2.05) is 88.4 Å². The van der Waals surface area contributed by atoms with Gasteiger partial charge in [-0.15, -0.1) is 35.9 Å². The molecule has 0 unspecified atom stereocenters. The van der Waals surface area contributed by atoms with Gasteiger partial charge in [0.2, 0.25) is 5.78 Å². The predicted octanol–water partition coefficient (Wildman–Crippen LogP) is 8.00. The predicted molar refractivity (Wildman–Crippen MR) is 150 cm³/mol. The minimum Gasteiger partial charge on any atom is -0.512 e. The van der Waals surface area contributed by atoms with Crippen LogP contribution >= 0.6 is 0 Å². The van der Waals surface area contributed by atoms with Crippen molar-refractivity contribution in [2.75, 3.05) is 0 Å². The maximum atomic E-state index is 12.8. The molecule has 1 N–H and O–H groups in total. The third-order valence-electron chi connectivity index (χ3n) is 6.09. The Balaban J connectivity index is 0.000000248. The van der Waals surface area contributed by atoms with Crippen LogP contribution < -0.4 is 0 Å². The van der Waals surface area contributed by atoms with Gasteiger partial charge in [-0.3, -0.25) is 14.6 Å². The summed E-state index contributed by atoms with van der Waals surface area (Å²) in [6.45, 7) is 8.00. The van der Waals surface area contributed by atoms with Crippen LogP contribution in [0, 0.1) is 17.9 Å². The van der Waals surface area contributed by atoms with Crippen molar-refractivity contribution in [3.8, 4) is 22.4 Å². The molecular weight excluding hydrogens is 651 g/mol. The summed E-state index contributed by atoms with van der Waals surface area (Å²) in [7, 11) is 0. The molecule has 0 saturated heterocycles. The fourth-order valence-electron chi connectivity index (χ4n) is 4.60. The number of carbonyl (C=O) groups is 2. The van der Waals surface area contributed by atoms with Gasteiger partial charge in [0.1, 0.15) is 5.69 Å². The van der Waals surface area contributed by atoms with E-state index >= 15 is 0 Å². The van der Waals surface area contributed by atoms with Crippen LogP contribution in [0.3, 0.4) is 0 Å². The maximum Gasteiger partial charge on any atom is 0.211 e. The number of aromatic nitrogens is 1. The van der Waals surface area contributed by atoms with E-state index in [-0.39, 0.29) is 37.4 Å². The molecule has 4 nitrogen and oxygen atoms in total. The van der Waals surface area contributed by atoms with Gasteiger partial charge < -0.3 is 5.11 Å². The van der Waals surface area contributed by atoms with Gasteiger partial charge in [-0.1, -0.05) is 76.2 Å². The van der Waals surface area contributed by atoms with Crippen molar-refractivity contribution >= 4 is 22.3 Å². The van der Waals surface area contributed by atoms with Gasteiger partial charge in [0, 0.05) is 50.1 Å². The van der Waals surface area contributed by atoms with Crippen LogP contribution in [-0.4, -0.2) is 21.7 Å². The molecule has 0 spiro atoms. The summed E-state index contributed by atoms with van der Waals surface area (Å²) < 4.78 is 0. The van der Waals surface area contributed by atoms with Crippen molar-refractivity contribution in [3.05, 3.63) is 102 Å². The molecule has 1 aliphatic rings. The molecular formula is C33H32IrNO3-. The molecule has 0 aliphatic heterocycles. The third kappa shape index (κ3) is 6.53. The Morgan fingerprint density at radius 3 is 2.08 bits per heavy atom. The van der Waals surface area contributed by atoms with Crippen LogP contribution in [0.25, 0.3) is 33.2 Å². The summed E-state index contributed by atoms with van der Waals surface area (Å²) >= 11 is 0. The molecule has 0 atom stereocenters. The Morgan fingerprint density at radius 1 is 0.842 bits per heavy atom. The number of pyridine rings is 1. The zero-order chi connectivity index (χ0) is 26.5. The van der Waals surface area contributed by atoms with Gasteiger partial charge in [-0.25, -0.2) is 0 Å². The average Bonchev–Trinajstić information content (AvgIpc) is 3.15. The zero-order valence-electron chi connectivity index (χ0n) is 22.1. The summed E-state index contributed by atoms with van der Waals surface area (Å²) in [5.74, 6) is 0.982. The molecule has 197 valence electrons. The second-order valence-corrected chi connectivity index (χ2v) is 10.2. The second kappa shape index (κ2) is 12.9. The van der Waals surface area contributed by atoms with E-state index in [4.69, 9.17) is 4.98 Å². The Hall–Kier alpha value is -3.40. The van der Waals surface area contributed by atoms with Gasteiger partial charge in [0.15, 0.2) is 5.78 Å². The first-order valence-electron chi connectivity index (χ1n) is 12.7. The number of rotatable bonds is 6. The summed E-state index contributed by atoms with van der Waals surface area (Å²) in [5.41, 5.74) is 4.92. The van der Waals surface area contributed by atoms with Gasteiger partial charge in [-0.2, -0.15) is 0 Å². The number of benzene rings is 3. The van der Waals surface area contributed by atoms with Crippen LogP contribution in [0.4, 0.5) is 0 Å². The molecule has 3 aromatic carbocycles. The van der Waals surface area contributed by atoms with E-state index in [0.29, 0.717) is 30.4 Å². The van der Waals surface area contributed by atoms with Crippen molar-refractivity contribution < 1.29 is 34.8 Å². The molecule has 4 aromatic rings. The SMILES string of the molecule is CC(C)CC(=O)/C=C(\O)CC(C)C.O=C1c2ccccc2-c2c1nc(-c1[c-]cccc1)c1ccccc21.[Ir]. The third-order valence-corrected chi connectivity index (χ3v) is 6.09. The standard InChI is InChI=1S/C22H12NO.C11H20O2.Ir/c24-22-18-13-7-5-11-16(18)19-15-10-4-6-12-17(15)20(23-21(19)22)14-8-2-1-3-9-14;1-8(2)5-10(12)7-11(13)6-9(3)4;/h1-8,10-13H;7-9,12H,5-6H2,1-4H3;/q-1;;/b;10-7-;. The number of ketones is 2. The molecule has 1 heterocycles. The Labute approximate surface area is 238 Å². The van der Waals surface area contributed by atoms with E-state index in [1.165, 1.54) is 6.08 Å². The largest absolute Gasteiger partial charge is 0.512 e. The quantitative estimate of drug-likeness (QED) is 0.112. The van der Waals surface area contributed by atoms with Crippen molar-refractivity contribution in [1.82, 2.24) is 4.98 Å². The molecule has 1 aliphatic carbocycles. The van der Waals surface area contributed by atoms with Crippen LogP contribution in [0.5, 0.6) is 0 Å². The first kappa shape index (κ1) is 29.2. The number of hydrogen-bond donors (Lipinski definition) is 1. The molecule has 38 heavy (non-hydrogen) atoms. The number of fused-ring (bicyclic) bond motifs is 5.